The van der Waals surface area contributed by atoms with Gasteiger partial charge in [0.1, 0.15) is 17.7 Å². The molecule has 40 heavy (non-hydrogen) atoms. The summed E-state index contributed by atoms with van der Waals surface area (Å²) in [5.41, 5.74) is 6.41. The summed E-state index contributed by atoms with van der Waals surface area (Å²) >= 11 is 0. The van der Waals surface area contributed by atoms with Gasteiger partial charge in [-0.05, 0) is 90.8 Å². The molecule has 4 amide bonds. The van der Waals surface area contributed by atoms with E-state index in [4.69, 9.17) is 10.5 Å². The highest BCUT2D eigenvalue weighted by Crippen LogP contribution is 2.36. The number of aryl methyl sites for hydroxylation is 2. The van der Waals surface area contributed by atoms with Crippen LogP contribution in [0.4, 0.5) is 4.79 Å². The lowest BCUT2D eigenvalue weighted by atomic mass is 9.87. The van der Waals surface area contributed by atoms with Gasteiger partial charge < -0.3 is 26.0 Å². The lowest BCUT2D eigenvalue weighted by Gasteiger charge is -2.45. The number of nitrogens with one attached hydrogen (secondary N) is 2. The number of amides is 4. The molecule has 1 aliphatic carbocycles. The third-order valence-electron chi connectivity index (χ3n) is 7.70. The number of hydrogen-bond donors (Lipinski definition) is 3. The normalized spacial score (nSPS) is 16.0. The maximum Gasteiger partial charge on any atom is 0.408 e. The minimum atomic E-state index is -1.12. The molecule has 0 aromatic heterocycles. The van der Waals surface area contributed by atoms with Crippen LogP contribution in [0.25, 0.3) is 0 Å². The molecular weight excluding hydrogens is 508 g/mol. The van der Waals surface area contributed by atoms with E-state index >= 15 is 0 Å². The molecule has 1 aromatic carbocycles. The Morgan fingerprint density at radius 1 is 1.02 bits per heavy atom. The Bertz CT molecular complexity index is 1040. The number of primary amides is 1. The van der Waals surface area contributed by atoms with E-state index in [1.807, 2.05) is 52.8 Å². The number of carbonyl (C=O) groups excluding carboxylic acids is 4. The smallest absolute Gasteiger partial charge is 0.408 e. The topological polar surface area (TPSA) is 131 Å². The summed E-state index contributed by atoms with van der Waals surface area (Å²) in [6.45, 7) is 14.9. The van der Waals surface area contributed by atoms with Gasteiger partial charge in [-0.25, -0.2) is 4.79 Å². The van der Waals surface area contributed by atoms with Crippen molar-refractivity contribution in [3.05, 3.63) is 34.9 Å². The number of ether oxygens (including phenoxy) is 1. The Morgan fingerprint density at radius 2 is 1.60 bits per heavy atom. The predicted octanol–water partition coefficient (Wildman–Crippen LogP) is 4.97. The number of nitrogens with two attached hydrogens (primary N) is 1. The van der Waals surface area contributed by atoms with Crippen molar-refractivity contribution in [2.45, 2.75) is 136 Å². The van der Waals surface area contributed by atoms with Gasteiger partial charge >= 0.3 is 6.09 Å². The molecule has 2 unspecified atom stereocenters. The first-order valence-corrected chi connectivity index (χ1v) is 14.5. The fourth-order valence-corrected chi connectivity index (χ4v) is 5.27. The molecule has 1 saturated carbocycles. The SMILES string of the molecule is CCC(C)(C)N(C(=O)C(CCC(N)=O)NC(=O)OC(C)(C)C)C(C(=O)NC1CCCCC1)c1c(C)cccc1C. The van der Waals surface area contributed by atoms with Gasteiger partial charge in [-0.1, -0.05) is 44.4 Å². The molecular formula is C31H50N4O5. The van der Waals surface area contributed by atoms with E-state index in [0.29, 0.717) is 6.42 Å². The lowest BCUT2D eigenvalue weighted by Crippen LogP contribution is -2.60. The van der Waals surface area contributed by atoms with Crippen LogP contribution in [-0.4, -0.2) is 51.9 Å². The highest BCUT2D eigenvalue weighted by atomic mass is 16.6. The summed E-state index contributed by atoms with van der Waals surface area (Å²) in [5.74, 6) is -1.30. The van der Waals surface area contributed by atoms with Gasteiger partial charge in [0.25, 0.3) is 0 Å². The van der Waals surface area contributed by atoms with Gasteiger partial charge in [0, 0.05) is 18.0 Å². The Balaban J connectivity index is 2.64. The van der Waals surface area contributed by atoms with Crippen LogP contribution in [0.3, 0.4) is 0 Å². The first kappa shape index (κ1) is 33.1. The van der Waals surface area contributed by atoms with Gasteiger partial charge in [0.05, 0.1) is 0 Å². The van der Waals surface area contributed by atoms with Crippen LogP contribution < -0.4 is 16.4 Å². The van der Waals surface area contributed by atoms with E-state index in [0.717, 1.165) is 48.8 Å². The molecule has 2 rings (SSSR count). The van der Waals surface area contributed by atoms with E-state index in [1.165, 1.54) is 0 Å². The average molecular weight is 559 g/mol. The zero-order chi connectivity index (χ0) is 30.3. The van der Waals surface area contributed by atoms with Gasteiger partial charge in [-0.3, -0.25) is 14.4 Å². The molecule has 0 radical (unpaired) electrons. The number of rotatable bonds is 11. The molecule has 0 heterocycles. The van der Waals surface area contributed by atoms with Crippen molar-refractivity contribution in [1.82, 2.24) is 15.5 Å². The van der Waals surface area contributed by atoms with Crippen molar-refractivity contribution in [3.63, 3.8) is 0 Å². The summed E-state index contributed by atoms with van der Waals surface area (Å²) in [5, 5.41) is 5.91. The number of hydrogen-bond acceptors (Lipinski definition) is 5. The van der Waals surface area contributed by atoms with Crippen LogP contribution in [0.15, 0.2) is 18.2 Å². The monoisotopic (exact) mass is 558 g/mol. The third kappa shape index (κ3) is 9.24. The molecule has 9 heteroatoms. The molecule has 9 nitrogen and oxygen atoms in total. The zero-order valence-electron chi connectivity index (χ0n) is 25.7. The van der Waals surface area contributed by atoms with Gasteiger partial charge in [0.2, 0.25) is 17.7 Å². The summed E-state index contributed by atoms with van der Waals surface area (Å²) in [6, 6.07) is 3.79. The van der Waals surface area contributed by atoms with Gasteiger partial charge in [-0.15, -0.1) is 0 Å². The van der Waals surface area contributed by atoms with Crippen molar-refractivity contribution in [2.24, 2.45) is 5.73 Å². The predicted molar refractivity (Wildman–Crippen MR) is 156 cm³/mol. The first-order valence-electron chi connectivity index (χ1n) is 14.5. The Kier molecular flexibility index (Phi) is 11.6. The van der Waals surface area contributed by atoms with E-state index in [9.17, 15) is 19.2 Å². The minimum absolute atomic E-state index is 0.0204. The molecule has 0 spiro atoms. The first-order chi connectivity index (χ1) is 18.6. The Labute approximate surface area is 240 Å². The molecule has 0 aliphatic heterocycles. The highest BCUT2D eigenvalue weighted by Gasteiger charge is 2.44. The van der Waals surface area contributed by atoms with Crippen molar-refractivity contribution >= 4 is 23.8 Å². The number of benzene rings is 1. The zero-order valence-corrected chi connectivity index (χ0v) is 25.7. The molecule has 1 aliphatic rings. The Morgan fingerprint density at radius 3 is 2.10 bits per heavy atom. The average Bonchev–Trinajstić information content (AvgIpc) is 2.84. The maximum atomic E-state index is 14.5. The lowest BCUT2D eigenvalue weighted by molar-refractivity contribution is -0.150. The van der Waals surface area contributed by atoms with Crippen molar-refractivity contribution in [1.29, 1.82) is 0 Å². The molecule has 2 atom stereocenters. The van der Waals surface area contributed by atoms with Crippen molar-refractivity contribution < 1.29 is 23.9 Å². The second-order valence-electron chi connectivity index (χ2n) is 12.6. The molecule has 224 valence electrons. The quantitative estimate of drug-likeness (QED) is 0.353. The second kappa shape index (κ2) is 14.0. The van der Waals surface area contributed by atoms with E-state index in [1.54, 1.807) is 25.7 Å². The van der Waals surface area contributed by atoms with Crippen LogP contribution >= 0.6 is 0 Å². The van der Waals surface area contributed by atoms with E-state index < -0.39 is 41.1 Å². The highest BCUT2D eigenvalue weighted by molar-refractivity contribution is 5.93. The van der Waals surface area contributed by atoms with E-state index in [-0.39, 0.29) is 24.8 Å². The Hall–Kier alpha value is -3.10. The third-order valence-corrected chi connectivity index (χ3v) is 7.70. The number of alkyl carbamates (subject to hydrolysis) is 1. The standard InChI is InChI=1S/C31H50N4O5/c1-9-31(7,8)35(28(38)23(18-19-24(32)36)34-29(39)40-30(4,5)6)26(25-20(2)14-13-15-21(25)3)27(37)33-22-16-11-10-12-17-22/h13-15,22-23,26H,9-12,16-19H2,1-8H3,(H2,32,36)(H,33,37)(H,34,39). The number of nitrogens with zero attached hydrogens (tertiary/aromatic N) is 1. The summed E-state index contributed by atoms with van der Waals surface area (Å²) in [4.78, 5) is 54.9. The number of carbonyl (C=O) groups is 4. The summed E-state index contributed by atoms with van der Waals surface area (Å²) < 4.78 is 5.43. The van der Waals surface area contributed by atoms with Crippen LogP contribution in [-0.2, 0) is 19.1 Å². The fraction of sp³-hybridized carbons (Fsp3) is 0.677. The van der Waals surface area contributed by atoms with Crippen molar-refractivity contribution in [3.8, 4) is 0 Å². The molecule has 4 N–H and O–H groups in total. The van der Waals surface area contributed by atoms with Gasteiger partial charge in [-0.2, -0.15) is 0 Å². The van der Waals surface area contributed by atoms with Crippen molar-refractivity contribution in [2.75, 3.05) is 0 Å². The minimum Gasteiger partial charge on any atom is -0.444 e. The van der Waals surface area contributed by atoms with Crippen LogP contribution in [0.1, 0.15) is 116 Å². The van der Waals surface area contributed by atoms with Crippen LogP contribution in [0.5, 0.6) is 0 Å². The largest absolute Gasteiger partial charge is 0.444 e. The molecule has 1 fully saturated rings. The molecule has 0 bridgehead atoms. The molecule has 0 saturated heterocycles. The fourth-order valence-electron chi connectivity index (χ4n) is 5.27. The van der Waals surface area contributed by atoms with Gasteiger partial charge in [0.15, 0.2) is 0 Å². The summed E-state index contributed by atoms with van der Waals surface area (Å²) in [7, 11) is 0. The van der Waals surface area contributed by atoms with E-state index in [2.05, 4.69) is 10.6 Å². The molecule has 1 aromatic rings. The summed E-state index contributed by atoms with van der Waals surface area (Å²) in [6.07, 6.45) is 4.69. The van der Waals surface area contributed by atoms with Crippen LogP contribution in [0, 0.1) is 13.8 Å². The van der Waals surface area contributed by atoms with Crippen LogP contribution in [0.2, 0.25) is 0 Å². The second-order valence-corrected chi connectivity index (χ2v) is 12.6. The maximum absolute atomic E-state index is 14.5.